The first kappa shape index (κ1) is 26.0. The monoisotopic (exact) mass is 609 g/mol. The fourth-order valence-electron chi connectivity index (χ4n) is 3.62. The Labute approximate surface area is 228 Å². The Morgan fingerprint density at radius 1 is 0.722 bits per heavy atom. The molecule has 0 heterocycles. The van der Waals surface area contributed by atoms with Crippen molar-refractivity contribution in [2.24, 2.45) is 0 Å². The van der Waals surface area contributed by atoms with Crippen LogP contribution in [0.15, 0.2) is 130 Å². The second-order valence-corrected chi connectivity index (χ2v) is 11.9. The van der Waals surface area contributed by atoms with Crippen LogP contribution in [0.1, 0.15) is 25.0 Å². The molecule has 36 heavy (non-hydrogen) atoms. The van der Waals surface area contributed by atoms with E-state index in [-0.39, 0.29) is 27.2 Å². The normalized spacial score (nSPS) is 12.5. The molecule has 0 spiro atoms. The molecule has 4 aromatic rings. The van der Waals surface area contributed by atoms with Gasteiger partial charge in [0.25, 0.3) is 0 Å². The molecule has 0 radical (unpaired) electrons. The van der Waals surface area contributed by atoms with Crippen molar-refractivity contribution in [2.75, 3.05) is 0 Å². The lowest BCUT2D eigenvalue weighted by molar-refractivity contribution is -0.151. The van der Waals surface area contributed by atoms with Crippen molar-refractivity contribution in [1.82, 2.24) is 0 Å². The van der Waals surface area contributed by atoms with E-state index in [1.165, 1.54) is 9.79 Å². The summed E-state index contributed by atoms with van der Waals surface area (Å²) in [6, 6.07) is 37.6. The average molecular weight is 610 g/mol. The molecule has 0 aliphatic rings. The van der Waals surface area contributed by atoms with Crippen LogP contribution in [0.25, 0.3) is 0 Å². The topological polar surface area (TPSA) is 52.6 Å². The van der Waals surface area contributed by atoms with Gasteiger partial charge in [-0.1, -0.05) is 89.3 Å². The summed E-state index contributed by atoms with van der Waals surface area (Å²) < 4.78 is 10.9. The van der Waals surface area contributed by atoms with Gasteiger partial charge in [0.2, 0.25) is 0 Å². The summed E-state index contributed by atoms with van der Waals surface area (Å²) in [5.74, 6) is -0.375. The molecule has 0 amide bonds. The minimum atomic E-state index is -0.704. The van der Waals surface area contributed by atoms with E-state index in [4.69, 9.17) is 9.47 Å². The molecule has 6 heteroatoms. The van der Waals surface area contributed by atoms with Gasteiger partial charge in [0, 0.05) is 0 Å². The van der Waals surface area contributed by atoms with Crippen LogP contribution in [0.3, 0.4) is 0 Å². The van der Waals surface area contributed by atoms with Crippen LogP contribution in [0, 0.1) is 0 Å². The van der Waals surface area contributed by atoms with Crippen LogP contribution in [0.2, 0.25) is 0 Å². The number of hydrogen-bond acceptors (Lipinski definition) is 4. The first-order valence-electron chi connectivity index (χ1n) is 11.6. The Kier molecular flexibility index (Phi) is 9.19. The van der Waals surface area contributed by atoms with Crippen molar-refractivity contribution in [1.29, 1.82) is 0 Å². The standard InChI is InChI=1S/C30H26IO4S/c1-22(31)30(33)35-28(23-11-5-2-6-12-23)21-29(32)34-24-17-19-27(20-18-24)36(25-13-7-3-8-14-25)26-15-9-4-10-16-26/h2-20,22,28H,21H2,1H3/q+1. The van der Waals surface area contributed by atoms with Crippen molar-refractivity contribution in [3.8, 4) is 5.75 Å². The summed E-state index contributed by atoms with van der Waals surface area (Å²) >= 11 is 2.00. The van der Waals surface area contributed by atoms with Gasteiger partial charge in [-0.05, 0) is 61.0 Å². The predicted molar refractivity (Wildman–Crippen MR) is 150 cm³/mol. The van der Waals surface area contributed by atoms with E-state index < -0.39 is 12.1 Å². The first-order chi connectivity index (χ1) is 17.5. The quantitative estimate of drug-likeness (QED) is 0.0663. The van der Waals surface area contributed by atoms with Gasteiger partial charge >= 0.3 is 11.9 Å². The highest BCUT2D eigenvalue weighted by atomic mass is 127. The van der Waals surface area contributed by atoms with Gasteiger partial charge in [-0.2, -0.15) is 0 Å². The molecule has 0 fully saturated rings. The number of ether oxygens (including phenoxy) is 2. The third-order valence-electron chi connectivity index (χ3n) is 5.36. The molecule has 4 nitrogen and oxygen atoms in total. The maximum Gasteiger partial charge on any atom is 0.319 e. The number of hydrogen-bond donors (Lipinski definition) is 0. The first-order valence-corrected chi connectivity index (χ1v) is 14.0. The molecule has 0 bridgehead atoms. The van der Waals surface area contributed by atoms with Gasteiger partial charge in [0.15, 0.2) is 14.7 Å². The third kappa shape index (κ3) is 6.98. The number of carbonyl (C=O) groups is 2. The lowest BCUT2D eigenvalue weighted by Crippen LogP contribution is -2.21. The van der Waals surface area contributed by atoms with Crippen molar-refractivity contribution in [2.45, 2.75) is 38.1 Å². The smallest absolute Gasteiger partial charge is 0.319 e. The summed E-state index contributed by atoms with van der Waals surface area (Å²) in [6.07, 6.45) is -0.774. The molecule has 0 N–H and O–H groups in total. The zero-order valence-corrected chi connectivity index (χ0v) is 22.7. The predicted octanol–water partition coefficient (Wildman–Crippen LogP) is 7.19. The Morgan fingerprint density at radius 3 is 1.69 bits per heavy atom. The van der Waals surface area contributed by atoms with Gasteiger partial charge in [0.05, 0.1) is 17.3 Å². The fourth-order valence-corrected chi connectivity index (χ4v) is 5.85. The Morgan fingerprint density at radius 2 is 1.19 bits per heavy atom. The van der Waals surface area contributed by atoms with Crippen LogP contribution in [-0.2, 0) is 25.2 Å². The lowest BCUT2D eigenvalue weighted by Gasteiger charge is -2.18. The highest BCUT2D eigenvalue weighted by Crippen LogP contribution is 2.32. The zero-order valence-electron chi connectivity index (χ0n) is 19.8. The van der Waals surface area contributed by atoms with Crippen molar-refractivity contribution >= 4 is 45.4 Å². The number of halogens is 1. The Bertz CT molecular complexity index is 1220. The largest absolute Gasteiger partial charge is 0.456 e. The average Bonchev–Trinajstić information content (AvgIpc) is 2.91. The van der Waals surface area contributed by atoms with Gasteiger partial charge in [-0.3, -0.25) is 9.59 Å². The Hall–Kier alpha value is -3.10. The van der Waals surface area contributed by atoms with Crippen LogP contribution in [-0.4, -0.2) is 15.9 Å². The molecule has 182 valence electrons. The summed E-state index contributed by atoms with van der Waals surface area (Å²) in [5.41, 5.74) is 0.755. The maximum atomic E-state index is 12.8. The van der Waals surface area contributed by atoms with Gasteiger partial charge in [-0.25, -0.2) is 0 Å². The summed E-state index contributed by atoms with van der Waals surface area (Å²) in [7, 11) is -0.280. The van der Waals surface area contributed by atoms with Gasteiger partial charge in [0.1, 0.15) is 15.8 Å². The van der Waals surface area contributed by atoms with E-state index in [1.54, 1.807) is 6.92 Å². The van der Waals surface area contributed by atoms with Crippen LogP contribution < -0.4 is 4.74 Å². The second-order valence-electron chi connectivity index (χ2n) is 8.03. The van der Waals surface area contributed by atoms with Crippen molar-refractivity contribution < 1.29 is 19.1 Å². The molecule has 2 atom stereocenters. The van der Waals surface area contributed by atoms with E-state index >= 15 is 0 Å². The summed E-state index contributed by atoms with van der Waals surface area (Å²) in [4.78, 5) is 28.6. The van der Waals surface area contributed by atoms with E-state index in [1.807, 2.05) is 114 Å². The number of esters is 2. The van der Waals surface area contributed by atoms with E-state index in [0.717, 1.165) is 10.5 Å². The fraction of sp³-hybridized carbons (Fsp3) is 0.133. The highest BCUT2D eigenvalue weighted by Gasteiger charge is 2.28. The van der Waals surface area contributed by atoms with Crippen LogP contribution in [0.4, 0.5) is 0 Å². The van der Waals surface area contributed by atoms with E-state index in [9.17, 15) is 9.59 Å². The molecule has 0 saturated carbocycles. The molecule has 2 unspecified atom stereocenters. The lowest BCUT2D eigenvalue weighted by atomic mass is 10.1. The number of rotatable bonds is 9. The van der Waals surface area contributed by atoms with Gasteiger partial charge in [-0.15, -0.1) is 0 Å². The third-order valence-corrected chi connectivity index (χ3v) is 8.09. The summed E-state index contributed by atoms with van der Waals surface area (Å²) in [5, 5.41) is 0. The minimum absolute atomic E-state index is 0.0702. The number of carbonyl (C=O) groups excluding carboxylic acids is 2. The summed E-state index contributed by atoms with van der Waals surface area (Å²) in [6.45, 7) is 1.75. The molecule has 0 aromatic heterocycles. The molecule has 0 aliphatic heterocycles. The minimum Gasteiger partial charge on any atom is -0.456 e. The van der Waals surface area contributed by atoms with E-state index in [0.29, 0.717) is 5.75 Å². The maximum absolute atomic E-state index is 12.8. The second kappa shape index (κ2) is 12.7. The van der Waals surface area contributed by atoms with Crippen LogP contribution >= 0.6 is 22.6 Å². The molecule has 4 aromatic carbocycles. The number of alkyl halides is 1. The molecular weight excluding hydrogens is 583 g/mol. The highest BCUT2D eigenvalue weighted by molar-refractivity contribution is 14.1. The Balaban J connectivity index is 1.50. The number of benzene rings is 4. The molecule has 0 saturated heterocycles. The molecule has 4 rings (SSSR count). The molecule has 0 aliphatic carbocycles. The van der Waals surface area contributed by atoms with Crippen molar-refractivity contribution in [3.63, 3.8) is 0 Å². The zero-order chi connectivity index (χ0) is 25.3. The molecular formula is C30H26IO4S+. The SMILES string of the molecule is CC(I)C(=O)OC(CC(=O)Oc1ccc([S+](c2ccccc2)c2ccccc2)cc1)c1ccccc1. The van der Waals surface area contributed by atoms with E-state index in [2.05, 4.69) is 24.3 Å². The van der Waals surface area contributed by atoms with Crippen molar-refractivity contribution in [3.05, 3.63) is 121 Å². The van der Waals surface area contributed by atoms with Crippen LogP contribution in [0.5, 0.6) is 5.75 Å². The van der Waals surface area contributed by atoms with Gasteiger partial charge < -0.3 is 9.47 Å².